The smallest absolute Gasteiger partial charge is 0.336 e. The van der Waals surface area contributed by atoms with Crippen molar-refractivity contribution in [3.8, 4) is 5.75 Å². The van der Waals surface area contributed by atoms with Gasteiger partial charge >= 0.3 is 5.97 Å². The number of nitrogens with one attached hydrogen (secondary N) is 2. The van der Waals surface area contributed by atoms with E-state index in [4.69, 9.17) is 9.47 Å². The minimum atomic E-state index is -0.901. The maximum atomic E-state index is 12.5. The van der Waals surface area contributed by atoms with E-state index in [0.717, 1.165) is 0 Å². The largest absolute Gasteiger partial charge is 0.497 e. The summed E-state index contributed by atoms with van der Waals surface area (Å²) in [5, 5.41) is 5.25. The number of benzene rings is 1. The SMILES string of the molecule is COC(=O)C1=C(C)NC(=O)C[C@@H]1C(=O)Nc1cccc(OC)c1. The van der Waals surface area contributed by atoms with Gasteiger partial charge in [-0.25, -0.2) is 4.79 Å². The van der Waals surface area contributed by atoms with Crippen molar-refractivity contribution in [2.45, 2.75) is 13.3 Å². The molecule has 2 rings (SSSR count). The van der Waals surface area contributed by atoms with Crippen LogP contribution in [0.1, 0.15) is 13.3 Å². The van der Waals surface area contributed by atoms with Crippen LogP contribution in [-0.4, -0.2) is 32.0 Å². The standard InChI is InChI=1S/C16H18N2O5/c1-9-14(16(21)23-3)12(8-13(19)17-9)15(20)18-10-5-4-6-11(7-10)22-2/h4-7,12H,8H2,1-3H3,(H,17,19)(H,18,20)/t12-/m0/s1. The fraction of sp³-hybridized carbons (Fsp3) is 0.312. The van der Waals surface area contributed by atoms with Crippen molar-refractivity contribution in [1.82, 2.24) is 5.32 Å². The molecule has 2 amide bonds. The molecule has 122 valence electrons. The monoisotopic (exact) mass is 318 g/mol. The highest BCUT2D eigenvalue weighted by atomic mass is 16.5. The molecule has 1 atom stereocenters. The lowest BCUT2D eigenvalue weighted by molar-refractivity contribution is -0.139. The topological polar surface area (TPSA) is 93.7 Å². The third-order valence-electron chi connectivity index (χ3n) is 3.53. The molecule has 0 radical (unpaired) electrons. The first-order valence-electron chi connectivity index (χ1n) is 7.00. The number of carbonyl (C=O) groups is 3. The van der Waals surface area contributed by atoms with Crippen LogP contribution >= 0.6 is 0 Å². The lowest BCUT2D eigenvalue weighted by Gasteiger charge is -2.25. The number of hydrogen-bond acceptors (Lipinski definition) is 5. The zero-order valence-electron chi connectivity index (χ0n) is 13.1. The van der Waals surface area contributed by atoms with Crippen molar-refractivity contribution >= 4 is 23.5 Å². The maximum absolute atomic E-state index is 12.5. The lowest BCUT2D eigenvalue weighted by Crippen LogP contribution is -2.40. The van der Waals surface area contributed by atoms with Crippen LogP contribution in [0.25, 0.3) is 0 Å². The Hall–Kier alpha value is -2.83. The molecule has 1 aliphatic rings. The number of carbonyl (C=O) groups excluding carboxylic acids is 3. The summed E-state index contributed by atoms with van der Waals surface area (Å²) in [5.41, 5.74) is 1.01. The molecule has 2 N–H and O–H groups in total. The third kappa shape index (κ3) is 3.68. The number of amides is 2. The summed E-state index contributed by atoms with van der Waals surface area (Å²) in [4.78, 5) is 36.1. The van der Waals surface area contributed by atoms with Crippen molar-refractivity contribution in [2.75, 3.05) is 19.5 Å². The van der Waals surface area contributed by atoms with Gasteiger partial charge in [0.25, 0.3) is 0 Å². The van der Waals surface area contributed by atoms with E-state index in [2.05, 4.69) is 10.6 Å². The fourth-order valence-corrected chi connectivity index (χ4v) is 2.44. The van der Waals surface area contributed by atoms with Crippen LogP contribution in [0.3, 0.4) is 0 Å². The highest BCUT2D eigenvalue weighted by Crippen LogP contribution is 2.26. The van der Waals surface area contributed by atoms with E-state index in [1.54, 1.807) is 31.2 Å². The predicted octanol–water partition coefficient (Wildman–Crippen LogP) is 1.22. The molecule has 1 aromatic rings. The molecule has 0 saturated heterocycles. The first kappa shape index (κ1) is 16.5. The molecule has 7 nitrogen and oxygen atoms in total. The van der Waals surface area contributed by atoms with Crippen molar-refractivity contribution < 1.29 is 23.9 Å². The number of allylic oxidation sites excluding steroid dienone is 1. The van der Waals surface area contributed by atoms with Crippen LogP contribution in [0.5, 0.6) is 5.75 Å². The average Bonchev–Trinajstić information content (AvgIpc) is 2.53. The van der Waals surface area contributed by atoms with Gasteiger partial charge in [0.1, 0.15) is 5.75 Å². The van der Waals surface area contributed by atoms with Crippen molar-refractivity contribution in [1.29, 1.82) is 0 Å². The minimum absolute atomic E-state index is 0.114. The number of methoxy groups -OCH3 is 2. The van der Waals surface area contributed by atoms with Gasteiger partial charge in [-0.15, -0.1) is 0 Å². The van der Waals surface area contributed by atoms with Gasteiger partial charge in [-0.2, -0.15) is 0 Å². The Kier molecular flexibility index (Phi) is 5.00. The maximum Gasteiger partial charge on any atom is 0.336 e. The Bertz CT molecular complexity index is 681. The molecule has 7 heteroatoms. The summed E-state index contributed by atoms with van der Waals surface area (Å²) in [6.45, 7) is 1.56. The third-order valence-corrected chi connectivity index (χ3v) is 3.53. The zero-order chi connectivity index (χ0) is 17.0. The van der Waals surface area contributed by atoms with E-state index in [1.807, 2.05) is 0 Å². The molecular weight excluding hydrogens is 300 g/mol. The molecule has 23 heavy (non-hydrogen) atoms. The van der Waals surface area contributed by atoms with Crippen molar-refractivity contribution in [3.05, 3.63) is 35.5 Å². The number of esters is 1. The molecule has 0 unspecified atom stereocenters. The van der Waals surface area contributed by atoms with Crippen LogP contribution in [-0.2, 0) is 19.1 Å². The fourth-order valence-electron chi connectivity index (χ4n) is 2.44. The minimum Gasteiger partial charge on any atom is -0.497 e. The van der Waals surface area contributed by atoms with Crippen molar-refractivity contribution in [3.63, 3.8) is 0 Å². The molecule has 0 aliphatic carbocycles. The van der Waals surface area contributed by atoms with E-state index < -0.39 is 17.8 Å². The molecule has 1 heterocycles. The molecule has 0 fully saturated rings. The summed E-state index contributed by atoms with van der Waals surface area (Å²) < 4.78 is 9.81. The molecule has 0 aromatic heterocycles. The second-order valence-corrected chi connectivity index (χ2v) is 5.06. The predicted molar refractivity (Wildman–Crippen MR) is 82.6 cm³/mol. The molecular formula is C16H18N2O5. The van der Waals surface area contributed by atoms with Crippen LogP contribution < -0.4 is 15.4 Å². The van der Waals surface area contributed by atoms with E-state index in [9.17, 15) is 14.4 Å². The summed E-state index contributed by atoms with van der Waals surface area (Å²) >= 11 is 0. The molecule has 1 aliphatic heterocycles. The van der Waals surface area contributed by atoms with Gasteiger partial charge in [0.15, 0.2) is 0 Å². The van der Waals surface area contributed by atoms with Crippen LogP contribution in [0.2, 0.25) is 0 Å². The molecule has 0 saturated carbocycles. The Morgan fingerprint density at radius 2 is 2.04 bits per heavy atom. The highest BCUT2D eigenvalue weighted by molar-refractivity contribution is 6.06. The normalized spacial score (nSPS) is 17.3. The molecule has 1 aromatic carbocycles. The number of hydrogen-bond donors (Lipinski definition) is 2. The van der Waals surface area contributed by atoms with Crippen LogP contribution in [0, 0.1) is 5.92 Å². The Morgan fingerprint density at radius 3 is 2.70 bits per heavy atom. The van der Waals surface area contributed by atoms with E-state index in [1.165, 1.54) is 14.2 Å². The quantitative estimate of drug-likeness (QED) is 0.814. The zero-order valence-corrected chi connectivity index (χ0v) is 13.1. The summed E-state index contributed by atoms with van der Waals surface area (Å²) in [6.07, 6.45) is -0.114. The van der Waals surface area contributed by atoms with E-state index in [-0.39, 0.29) is 17.9 Å². The Morgan fingerprint density at radius 1 is 1.30 bits per heavy atom. The first-order chi connectivity index (χ1) is 11.0. The van der Waals surface area contributed by atoms with Gasteiger partial charge in [-0.05, 0) is 19.1 Å². The lowest BCUT2D eigenvalue weighted by atomic mass is 9.89. The molecule has 0 spiro atoms. The van der Waals surface area contributed by atoms with Gasteiger partial charge in [-0.3, -0.25) is 9.59 Å². The van der Waals surface area contributed by atoms with E-state index in [0.29, 0.717) is 17.1 Å². The molecule has 0 bridgehead atoms. The van der Waals surface area contributed by atoms with Crippen LogP contribution in [0.15, 0.2) is 35.5 Å². The summed E-state index contributed by atoms with van der Waals surface area (Å²) in [6, 6.07) is 6.81. The van der Waals surface area contributed by atoms with Crippen LogP contribution in [0.4, 0.5) is 5.69 Å². The Balaban J connectivity index is 2.26. The first-order valence-corrected chi connectivity index (χ1v) is 7.00. The van der Waals surface area contributed by atoms with Gasteiger partial charge in [0, 0.05) is 23.9 Å². The van der Waals surface area contributed by atoms with E-state index >= 15 is 0 Å². The van der Waals surface area contributed by atoms with Crippen molar-refractivity contribution in [2.24, 2.45) is 5.92 Å². The number of ether oxygens (including phenoxy) is 2. The number of rotatable bonds is 4. The Labute approximate surface area is 133 Å². The second-order valence-electron chi connectivity index (χ2n) is 5.06. The summed E-state index contributed by atoms with van der Waals surface area (Å²) in [5.74, 6) is -1.71. The van der Waals surface area contributed by atoms with Gasteiger partial charge in [0.2, 0.25) is 11.8 Å². The van der Waals surface area contributed by atoms with Gasteiger partial charge < -0.3 is 20.1 Å². The highest BCUT2D eigenvalue weighted by Gasteiger charge is 2.36. The number of anilines is 1. The van der Waals surface area contributed by atoms with Gasteiger partial charge in [0.05, 0.1) is 25.7 Å². The summed E-state index contributed by atoms with van der Waals surface area (Å²) in [7, 11) is 2.75. The second kappa shape index (κ2) is 6.95. The van der Waals surface area contributed by atoms with Gasteiger partial charge in [-0.1, -0.05) is 6.07 Å². The average molecular weight is 318 g/mol.